The number of nitrogens with one attached hydrogen (secondary N) is 1. The second-order valence-corrected chi connectivity index (χ2v) is 3.99. The highest BCUT2D eigenvalue weighted by Gasteiger charge is 2.06. The predicted octanol–water partition coefficient (Wildman–Crippen LogP) is 1.25. The summed E-state index contributed by atoms with van der Waals surface area (Å²) in [5.41, 5.74) is 2.63. The summed E-state index contributed by atoms with van der Waals surface area (Å²) >= 11 is 5.91. The molecule has 0 saturated heterocycles. The number of benzene rings is 1. The summed E-state index contributed by atoms with van der Waals surface area (Å²) in [5, 5.41) is 10.1. The van der Waals surface area contributed by atoms with Gasteiger partial charge in [0.1, 0.15) is 18.5 Å². The van der Waals surface area contributed by atoms with Crippen LogP contribution in [0.5, 0.6) is 5.75 Å². The molecule has 5 nitrogen and oxygen atoms in total. The third-order valence-corrected chi connectivity index (χ3v) is 2.39. The third-order valence-electron chi connectivity index (χ3n) is 2.08. The summed E-state index contributed by atoms with van der Waals surface area (Å²) in [6, 6.07) is 7.11. The van der Waals surface area contributed by atoms with Gasteiger partial charge in [-0.1, -0.05) is 23.7 Å². The van der Waals surface area contributed by atoms with Crippen molar-refractivity contribution in [1.29, 1.82) is 0 Å². The number of hydroxylamine groups is 1. The molecule has 18 heavy (non-hydrogen) atoms. The molecule has 0 radical (unpaired) electrons. The highest BCUT2D eigenvalue weighted by Crippen LogP contribution is 2.22. The molecule has 1 aromatic rings. The number of hydrogen-bond acceptors (Lipinski definition) is 5. The van der Waals surface area contributed by atoms with Crippen molar-refractivity contribution in [3.63, 3.8) is 0 Å². The van der Waals surface area contributed by atoms with E-state index < -0.39 is 6.10 Å². The molecule has 1 unspecified atom stereocenters. The normalized spacial score (nSPS) is 12.4. The second-order valence-electron chi connectivity index (χ2n) is 3.58. The van der Waals surface area contributed by atoms with E-state index in [1.807, 2.05) is 12.1 Å². The molecule has 0 spiro atoms. The van der Waals surface area contributed by atoms with Crippen molar-refractivity contribution in [1.82, 2.24) is 5.48 Å². The lowest BCUT2D eigenvalue weighted by Crippen LogP contribution is -2.32. The molecule has 0 fully saturated rings. The van der Waals surface area contributed by atoms with E-state index in [0.29, 0.717) is 24.0 Å². The molecule has 2 N–H and O–H groups in total. The highest BCUT2D eigenvalue weighted by atomic mass is 35.5. The lowest BCUT2D eigenvalue weighted by atomic mass is 10.3. The van der Waals surface area contributed by atoms with E-state index in [0.717, 1.165) is 0 Å². The van der Waals surface area contributed by atoms with Crippen LogP contribution in [0.25, 0.3) is 0 Å². The quantitative estimate of drug-likeness (QED) is 0.525. The number of aliphatic hydroxyl groups is 1. The zero-order chi connectivity index (χ0) is 13.2. The number of para-hydroxylation sites is 1. The third kappa shape index (κ3) is 6.18. The van der Waals surface area contributed by atoms with Crippen LogP contribution in [-0.2, 0) is 9.57 Å². The van der Waals surface area contributed by atoms with E-state index in [1.54, 1.807) is 19.2 Å². The summed E-state index contributed by atoms with van der Waals surface area (Å²) < 4.78 is 10.2. The predicted molar refractivity (Wildman–Crippen MR) is 68.8 cm³/mol. The number of hydrogen-bond donors (Lipinski definition) is 2. The Bertz CT molecular complexity index is 338. The Hall–Kier alpha value is -0.850. The van der Waals surface area contributed by atoms with Crippen molar-refractivity contribution in [2.75, 3.05) is 33.5 Å². The van der Waals surface area contributed by atoms with Gasteiger partial charge in [0.05, 0.1) is 24.8 Å². The van der Waals surface area contributed by atoms with Crippen LogP contribution in [0.3, 0.4) is 0 Å². The molecular formula is C12H18ClNO4. The smallest absolute Gasteiger partial charge is 0.138 e. The van der Waals surface area contributed by atoms with Crippen molar-refractivity contribution in [3.05, 3.63) is 29.3 Å². The summed E-state index contributed by atoms with van der Waals surface area (Å²) in [4.78, 5) is 5.00. The fraction of sp³-hybridized carbons (Fsp3) is 0.500. The molecular weight excluding hydrogens is 258 g/mol. The van der Waals surface area contributed by atoms with Crippen LogP contribution in [0.4, 0.5) is 0 Å². The maximum absolute atomic E-state index is 9.62. The Kier molecular flexibility index (Phi) is 7.71. The maximum Gasteiger partial charge on any atom is 0.138 e. The fourth-order valence-corrected chi connectivity index (χ4v) is 1.35. The van der Waals surface area contributed by atoms with Crippen LogP contribution in [-0.4, -0.2) is 44.7 Å². The molecule has 0 bridgehead atoms. The average Bonchev–Trinajstić information content (AvgIpc) is 2.37. The maximum atomic E-state index is 9.62. The van der Waals surface area contributed by atoms with Gasteiger partial charge in [-0.05, 0) is 12.1 Å². The number of methoxy groups -OCH3 is 1. The van der Waals surface area contributed by atoms with Gasteiger partial charge in [-0.2, -0.15) is 5.48 Å². The summed E-state index contributed by atoms with van der Waals surface area (Å²) in [5.74, 6) is 0.554. The molecule has 1 aromatic carbocycles. The van der Waals surface area contributed by atoms with Gasteiger partial charge in [-0.25, -0.2) is 0 Å². The topological polar surface area (TPSA) is 60.0 Å². The monoisotopic (exact) mass is 275 g/mol. The first-order valence-electron chi connectivity index (χ1n) is 5.63. The number of rotatable bonds is 9. The molecule has 0 aromatic heterocycles. The zero-order valence-electron chi connectivity index (χ0n) is 10.3. The first-order chi connectivity index (χ1) is 8.74. The minimum absolute atomic E-state index is 0.143. The SMILES string of the molecule is COCCONCC(O)COc1ccccc1Cl. The van der Waals surface area contributed by atoms with E-state index in [2.05, 4.69) is 5.48 Å². The lowest BCUT2D eigenvalue weighted by Gasteiger charge is -2.13. The van der Waals surface area contributed by atoms with E-state index in [9.17, 15) is 5.11 Å². The fourth-order valence-electron chi connectivity index (χ4n) is 1.16. The molecule has 1 rings (SSSR count). The van der Waals surface area contributed by atoms with E-state index in [1.165, 1.54) is 0 Å². The van der Waals surface area contributed by atoms with E-state index in [-0.39, 0.29) is 13.2 Å². The molecule has 0 aliphatic heterocycles. The second kappa shape index (κ2) is 9.13. The van der Waals surface area contributed by atoms with E-state index in [4.69, 9.17) is 25.9 Å². The Morgan fingerprint density at radius 2 is 2.11 bits per heavy atom. The minimum Gasteiger partial charge on any atom is -0.489 e. The molecule has 0 aliphatic carbocycles. The Labute approximate surface area is 112 Å². The summed E-state index contributed by atoms with van der Waals surface area (Å²) in [6.45, 7) is 1.34. The van der Waals surface area contributed by atoms with Gasteiger partial charge in [-0.3, -0.25) is 4.84 Å². The van der Waals surface area contributed by atoms with Crippen molar-refractivity contribution in [2.45, 2.75) is 6.10 Å². The van der Waals surface area contributed by atoms with Gasteiger partial charge < -0.3 is 14.6 Å². The van der Waals surface area contributed by atoms with Crippen molar-refractivity contribution < 1.29 is 19.4 Å². The van der Waals surface area contributed by atoms with Crippen LogP contribution >= 0.6 is 11.6 Å². The molecule has 6 heteroatoms. The number of ether oxygens (including phenoxy) is 2. The minimum atomic E-state index is -0.677. The molecule has 0 heterocycles. The van der Waals surface area contributed by atoms with Gasteiger partial charge in [0.2, 0.25) is 0 Å². The van der Waals surface area contributed by atoms with Crippen molar-refractivity contribution >= 4 is 11.6 Å². The van der Waals surface area contributed by atoms with Crippen LogP contribution in [0.15, 0.2) is 24.3 Å². The van der Waals surface area contributed by atoms with Gasteiger partial charge in [0, 0.05) is 7.11 Å². The van der Waals surface area contributed by atoms with Gasteiger partial charge in [0.15, 0.2) is 0 Å². The van der Waals surface area contributed by atoms with Gasteiger partial charge in [-0.15, -0.1) is 0 Å². The summed E-state index contributed by atoms with van der Waals surface area (Å²) in [6.07, 6.45) is -0.677. The van der Waals surface area contributed by atoms with Gasteiger partial charge in [0.25, 0.3) is 0 Å². The Morgan fingerprint density at radius 1 is 1.33 bits per heavy atom. The molecule has 102 valence electrons. The van der Waals surface area contributed by atoms with Crippen LogP contribution in [0, 0.1) is 0 Å². The number of halogens is 1. The molecule has 0 aliphatic rings. The van der Waals surface area contributed by atoms with Crippen LogP contribution in [0.1, 0.15) is 0 Å². The molecule has 1 atom stereocenters. The lowest BCUT2D eigenvalue weighted by molar-refractivity contribution is -0.0173. The van der Waals surface area contributed by atoms with Crippen LogP contribution < -0.4 is 10.2 Å². The number of aliphatic hydroxyl groups excluding tert-OH is 1. The standard InChI is InChI=1S/C12H18ClNO4/c1-16-6-7-18-14-8-10(15)9-17-12-5-3-2-4-11(12)13/h2-5,10,14-15H,6-9H2,1H3. The molecule has 0 saturated carbocycles. The summed E-state index contributed by atoms with van der Waals surface area (Å²) in [7, 11) is 1.59. The Morgan fingerprint density at radius 3 is 2.83 bits per heavy atom. The van der Waals surface area contributed by atoms with Crippen molar-refractivity contribution in [2.24, 2.45) is 0 Å². The molecule has 0 amide bonds. The largest absolute Gasteiger partial charge is 0.489 e. The highest BCUT2D eigenvalue weighted by molar-refractivity contribution is 6.32. The Balaban J connectivity index is 2.13. The van der Waals surface area contributed by atoms with E-state index >= 15 is 0 Å². The van der Waals surface area contributed by atoms with Gasteiger partial charge >= 0.3 is 0 Å². The van der Waals surface area contributed by atoms with Crippen LogP contribution in [0.2, 0.25) is 5.02 Å². The first-order valence-corrected chi connectivity index (χ1v) is 6.01. The first kappa shape index (κ1) is 15.2. The average molecular weight is 276 g/mol. The van der Waals surface area contributed by atoms with Crippen molar-refractivity contribution in [3.8, 4) is 5.75 Å². The zero-order valence-corrected chi connectivity index (χ0v) is 11.0.